The van der Waals surface area contributed by atoms with Crippen molar-refractivity contribution in [3.63, 3.8) is 0 Å². The first-order chi connectivity index (χ1) is 12.9. The van der Waals surface area contributed by atoms with Crippen molar-refractivity contribution in [3.8, 4) is 18.4 Å². The van der Waals surface area contributed by atoms with Crippen LogP contribution in [0.5, 0.6) is 6.01 Å². The molecule has 152 valence electrons. The highest BCUT2D eigenvalue weighted by Gasteiger charge is 2.29. The summed E-state index contributed by atoms with van der Waals surface area (Å²) >= 11 is 6.21. The number of terminal acetylenes is 1. The molecule has 28 heavy (non-hydrogen) atoms. The van der Waals surface area contributed by atoms with Gasteiger partial charge in [-0.2, -0.15) is 4.98 Å². The first kappa shape index (κ1) is 22.3. The molecule has 1 aromatic carbocycles. The van der Waals surface area contributed by atoms with E-state index in [1.165, 1.54) is 0 Å². The third-order valence-corrected chi connectivity index (χ3v) is 6.22. The lowest BCUT2D eigenvalue weighted by Gasteiger charge is -2.20. The minimum atomic E-state index is -1.22. The van der Waals surface area contributed by atoms with Crippen LogP contribution in [0, 0.1) is 17.8 Å². The Hall–Kier alpha value is -2.01. The van der Waals surface area contributed by atoms with Crippen LogP contribution in [-0.4, -0.2) is 41.9 Å². The minimum absolute atomic E-state index is 0.0420. The van der Waals surface area contributed by atoms with Gasteiger partial charge in [0, 0.05) is 19.7 Å². The Morgan fingerprint density at radius 2 is 2.07 bits per heavy atom. The van der Waals surface area contributed by atoms with Crippen molar-refractivity contribution >= 4 is 36.7 Å². The van der Waals surface area contributed by atoms with Gasteiger partial charge in [-0.1, -0.05) is 37.2 Å². The second-order valence-electron chi connectivity index (χ2n) is 8.61. The predicted molar refractivity (Wildman–Crippen MR) is 114 cm³/mol. The molecular weight excluding hydrogens is 396 g/mol. The number of imidazole rings is 1. The summed E-state index contributed by atoms with van der Waals surface area (Å²) in [5.74, 6) is 1.63. The molecule has 0 atom stereocenters. The second-order valence-corrected chi connectivity index (χ2v) is 14.7. The molecular formula is C20H27ClN2O4Si. The normalized spacial score (nSPS) is 12.2. The molecule has 0 saturated carbocycles. The molecule has 2 aromatic rings. The van der Waals surface area contributed by atoms with E-state index in [9.17, 15) is 9.90 Å². The van der Waals surface area contributed by atoms with Gasteiger partial charge in [0.15, 0.2) is 0 Å². The van der Waals surface area contributed by atoms with Crippen LogP contribution in [0.1, 0.15) is 19.4 Å². The van der Waals surface area contributed by atoms with Crippen LogP contribution in [0.25, 0.3) is 11.0 Å². The van der Waals surface area contributed by atoms with Gasteiger partial charge in [0.25, 0.3) is 6.01 Å². The molecule has 2 rings (SSSR count). The lowest BCUT2D eigenvalue weighted by Crippen LogP contribution is -2.31. The van der Waals surface area contributed by atoms with Crippen molar-refractivity contribution in [1.82, 2.24) is 9.55 Å². The maximum Gasteiger partial charge on any atom is 0.312 e. The van der Waals surface area contributed by atoms with Gasteiger partial charge in [0.2, 0.25) is 0 Å². The molecule has 0 spiro atoms. The fraction of sp³-hybridized carbons (Fsp3) is 0.500. The van der Waals surface area contributed by atoms with Gasteiger partial charge in [0.1, 0.15) is 18.9 Å². The van der Waals surface area contributed by atoms with Crippen LogP contribution in [-0.2, 0) is 16.3 Å². The van der Waals surface area contributed by atoms with Crippen molar-refractivity contribution in [1.29, 1.82) is 0 Å². The van der Waals surface area contributed by atoms with Gasteiger partial charge in [-0.15, -0.1) is 6.42 Å². The van der Waals surface area contributed by atoms with Crippen LogP contribution in [0.3, 0.4) is 0 Å². The Balaban J connectivity index is 2.35. The smallest absolute Gasteiger partial charge is 0.312 e. The number of carbonyl (C=O) groups is 1. The number of fused-ring (bicyclic) bond motifs is 1. The van der Waals surface area contributed by atoms with Crippen molar-refractivity contribution in [2.75, 3.05) is 13.2 Å². The minimum Gasteiger partial charge on any atom is -0.481 e. The topological polar surface area (TPSA) is 73.6 Å². The molecule has 0 bridgehead atoms. The van der Waals surface area contributed by atoms with E-state index in [2.05, 4.69) is 30.5 Å². The Bertz CT molecular complexity index is 910. The number of ether oxygens (including phenoxy) is 2. The maximum absolute atomic E-state index is 11.4. The molecule has 1 aromatic heterocycles. The molecule has 0 saturated heterocycles. The number of carboxylic acids is 1. The van der Waals surface area contributed by atoms with E-state index in [0.29, 0.717) is 28.2 Å². The second kappa shape index (κ2) is 8.56. The zero-order valence-corrected chi connectivity index (χ0v) is 18.8. The average Bonchev–Trinajstić information content (AvgIpc) is 2.92. The summed E-state index contributed by atoms with van der Waals surface area (Å²) in [5.41, 5.74) is 0.750. The fourth-order valence-corrected chi connectivity index (χ4v) is 3.32. The van der Waals surface area contributed by atoms with Gasteiger partial charge < -0.3 is 14.6 Å². The van der Waals surface area contributed by atoms with Crippen LogP contribution >= 0.6 is 11.6 Å². The average molecular weight is 423 g/mol. The first-order valence-corrected chi connectivity index (χ1v) is 13.1. The zero-order valence-electron chi connectivity index (χ0n) is 17.0. The summed E-state index contributed by atoms with van der Waals surface area (Å²) in [6.45, 7) is 10.8. The highest BCUT2D eigenvalue weighted by molar-refractivity contribution is 6.76. The number of aromatic nitrogens is 2. The Labute approximate surface area is 171 Å². The zero-order chi connectivity index (χ0) is 21.1. The number of carboxylic acid groups (broad SMARTS) is 1. The van der Waals surface area contributed by atoms with Crippen LogP contribution < -0.4 is 4.74 Å². The molecule has 0 fully saturated rings. The molecule has 0 aliphatic carbocycles. The third kappa shape index (κ3) is 5.50. The molecule has 8 heteroatoms. The molecule has 0 unspecified atom stereocenters. The highest BCUT2D eigenvalue weighted by atomic mass is 35.5. The number of halogens is 1. The van der Waals surface area contributed by atoms with E-state index in [-0.39, 0.29) is 19.3 Å². The number of nitrogens with zero attached hydrogens (tertiary/aromatic N) is 2. The van der Waals surface area contributed by atoms with E-state index in [4.69, 9.17) is 27.5 Å². The van der Waals surface area contributed by atoms with Crippen LogP contribution in [0.2, 0.25) is 30.7 Å². The number of benzene rings is 1. The third-order valence-electron chi connectivity index (χ3n) is 4.30. The van der Waals surface area contributed by atoms with Gasteiger partial charge >= 0.3 is 5.97 Å². The lowest BCUT2D eigenvalue weighted by molar-refractivity contribution is -0.148. The predicted octanol–water partition coefficient (Wildman–Crippen LogP) is 4.47. The first-order valence-electron chi connectivity index (χ1n) is 9.05. The summed E-state index contributed by atoms with van der Waals surface area (Å²) in [5, 5.41) is 9.81. The molecule has 1 N–H and O–H groups in total. The maximum atomic E-state index is 11.4. The lowest BCUT2D eigenvalue weighted by atomic mass is 9.95. The molecule has 1 heterocycles. The standard InChI is InChI=1S/C20H27ClN2O4Si/c1-7-14-10-15(21)11-16-17(14)22-19(27-12-20(2,3)18(24)25)23(16)13-26-8-9-28(4,5)6/h1,10-11H,8-9,12-13H2,2-6H3,(H,24,25). The summed E-state index contributed by atoms with van der Waals surface area (Å²) in [6, 6.07) is 4.70. The van der Waals surface area contributed by atoms with Gasteiger partial charge in [-0.3, -0.25) is 9.36 Å². The Morgan fingerprint density at radius 3 is 2.64 bits per heavy atom. The summed E-state index contributed by atoms with van der Waals surface area (Å²) in [4.78, 5) is 15.9. The molecule has 6 nitrogen and oxygen atoms in total. The molecule has 0 radical (unpaired) electrons. The van der Waals surface area contributed by atoms with Crippen molar-refractivity contribution in [2.45, 2.75) is 46.3 Å². The van der Waals surface area contributed by atoms with Crippen LogP contribution in [0.15, 0.2) is 12.1 Å². The fourth-order valence-electron chi connectivity index (χ4n) is 2.35. The van der Waals surface area contributed by atoms with Gasteiger partial charge in [-0.05, 0) is 32.0 Å². The molecule has 0 aliphatic rings. The van der Waals surface area contributed by atoms with Crippen molar-refractivity contribution in [2.24, 2.45) is 5.41 Å². The number of rotatable bonds is 9. The molecule has 0 aliphatic heterocycles. The van der Waals surface area contributed by atoms with E-state index in [0.717, 1.165) is 6.04 Å². The molecule has 0 amide bonds. The summed E-state index contributed by atoms with van der Waals surface area (Å²) in [6.07, 6.45) is 5.59. The van der Waals surface area contributed by atoms with E-state index >= 15 is 0 Å². The van der Waals surface area contributed by atoms with E-state index in [1.807, 2.05) is 0 Å². The van der Waals surface area contributed by atoms with Gasteiger partial charge in [0.05, 0.1) is 16.5 Å². The largest absolute Gasteiger partial charge is 0.481 e. The van der Waals surface area contributed by atoms with Gasteiger partial charge in [-0.25, -0.2) is 0 Å². The summed E-state index contributed by atoms with van der Waals surface area (Å²) in [7, 11) is -1.22. The summed E-state index contributed by atoms with van der Waals surface area (Å²) < 4.78 is 13.4. The van der Waals surface area contributed by atoms with Crippen LogP contribution in [0.4, 0.5) is 0 Å². The number of aliphatic carboxylic acids is 1. The van der Waals surface area contributed by atoms with Crippen molar-refractivity contribution < 1.29 is 19.4 Å². The SMILES string of the molecule is C#Cc1cc(Cl)cc2c1nc(OCC(C)(C)C(=O)O)n2COCC[Si](C)(C)C. The van der Waals surface area contributed by atoms with E-state index < -0.39 is 19.5 Å². The Kier molecular flexibility index (Phi) is 6.81. The van der Waals surface area contributed by atoms with Crippen molar-refractivity contribution in [3.05, 3.63) is 22.7 Å². The number of hydrogen-bond donors (Lipinski definition) is 1. The quantitative estimate of drug-likeness (QED) is 0.366. The number of hydrogen-bond acceptors (Lipinski definition) is 4. The monoisotopic (exact) mass is 422 g/mol. The highest BCUT2D eigenvalue weighted by Crippen LogP contribution is 2.29. The Morgan fingerprint density at radius 1 is 1.39 bits per heavy atom. The van der Waals surface area contributed by atoms with E-state index in [1.54, 1.807) is 30.5 Å².